The predicted molar refractivity (Wildman–Crippen MR) is 78.1 cm³/mol. The zero-order valence-electron chi connectivity index (χ0n) is 12.3. The van der Waals surface area contributed by atoms with Crippen molar-refractivity contribution >= 4 is 0 Å². The maximum Gasteiger partial charge on any atom is 0.137 e. The second-order valence-corrected chi connectivity index (χ2v) is 5.08. The van der Waals surface area contributed by atoms with Crippen LogP contribution in [0.15, 0.2) is 30.6 Å². The van der Waals surface area contributed by atoms with E-state index in [1.165, 1.54) is 13.3 Å². The topological polar surface area (TPSA) is 34.1 Å². The molecule has 0 fully saturated rings. The van der Waals surface area contributed by atoms with Gasteiger partial charge in [-0.2, -0.15) is 0 Å². The van der Waals surface area contributed by atoms with Gasteiger partial charge in [0, 0.05) is 42.7 Å². The number of hydrogen-bond donors (Lipinski definition) is 1. The Morgan fingerprint density at radius 3 is 2.38 bits per heavy atom. The molecule has 0 bridgehead atoms. The van der Waals surface area contributed by atoms with Gasteiger partial charge in [0.05, 0.1) is 12.7 Å². The Morgan fingerprint density at radius 2 is 1.81 bits per heavy atom. The molecule has 1 aromatic heterocycles. The predicted octanol–water partition coefficient (Wildman–Crippen LogP) is 3.53. The maximum absolute atomic E-state index is 14.1. The molecule has 0 radical (unpaired) electrons. The van der Waals surface area contributed by atoms with Gasteiger partial charge in [-0.3, -0.25) is 4.98 Å². The summed E-state index contributed by atoms with van der Waals surface area (Å²) in [6.07, 6.45) is 3.13. The van der Waals surface area contributed by atoms with E-state index in [0.29, 0.717) is 18.2 Å². The molecular formula is C16H18F2N2O. The first kappa shape index (κ1) is 15.4. The van der Waals surface area contributed by atoms with Gasteiger partial charge in [-0.25, -0.2) is 8.78 Å². The molecule has 0 aliphatic carbocycles. The molecule has 112 valence electrons. The first-order chi connectivity index (χ1) is 10.0. The van der Waals surface area contributed by atoms with Crippen molar-refractivity contribution in [2.24, 2.45) is 0 Å². The average molecular weight is 292 g/mol. The minimum absolute atomic E-state index is 0.0882. The standard InChI is InChI=1S/C16H18F2N2O/c1-10(2)20-8-11-4-12(9-19-7-11)16-14(17)5-13(21-3)6-15(16)18/h4-7,9-10,20H,8H2,1-3H3. The normalized spacial score (nSPS) is 11.0. The maximum atomic E-state index is 14.1. The van der Waals surface area contributed by atoms with Gasteiger partial charge >= 0.3 is 0 Å². The van der Waals surface area contributed by atoms with Crippen molar-refractivity contribution in [3.05, 3.63) is 47.8 Å². The Morgan fingerprint density at radius 1 is 1.14 bits per heavy atom. The summed E-state index contributed by atoms with van der Waals surface area (Å²) in [5, 5.41) is 3.24. The number of nitrogens with zero attached hydrogens (tertiary/aromatic N) is 1. The fourth-order valence-corrected chi connectivity index (χ4v) is 1.99. The van der Waals surface area contributed by atoms with Crippen molar-refractivity contribution in [1.29, 1.82) is 0 Å². The highest BCUT2D eigenvalue weighted by atomic mass is 19.1. The number of aromatic nitrogens is 1. The molecule has 0 saturated carbocycles. The highest BCUT2D eigenvalue weighted by molar-refractivity contribution is 5.65. The molecular weight excluding hydrogens is 274 g/mol. The second kappa shape index (κ2) is 6.63. The van der Waals surface area contributed by atoms with Crippen LogP contribution in [-0.4, -0.2) is 18.1 Å². The first-order valence-electron chi connectivity index (χ1n) is 6.72. The van der Waals surface area contributed by atoms with Crippen LogP contribution in [0.2, 0.25) is 0 Å². The summed E-state index contributed by atoms with van der Waals surface area (Å²) in [6.45, 7) is 4.65. The van der Waals surface area contributed by atoms with E-state index in [4.69, 9.17) is 4.74 Å². The number of benzene rings is 1. The zero-order chi connectivity index (χ0) is 15.4. The molecule has 0 unspecified atom stereocenters. The van der Waals surface area contributed by atoms with Crippen molar-refractivity contribution in [1.82, 2.24) is 10.3 Å². The highest BCUT2D eigenvalue weighted by Gasteiger charge is 2.14. The molecule has 2 aromatic rings. The van der Waals surface area contributed by atoms with Crippen LogP contribution < -0.4 is 10.1 Å². The van der Waals surface area contributed by atoms with Gasteiger partial charge in [0.25, 0.3) is 0 Å². The van der Waals surface area contributed by atoms with Crippen molar-refractivity contribution in [3.63, 3.8) is 0 Å². The van der Waals surface area contributed by atoms with Gasteiger partial charge in [-0.1, -0.05) is 13.8 Å². The molecule has 5 heteroatoms. The van der Waals surface area contributed by atoms with Crippen molar-refractivity contribution in [2.45, 2.75) is 26.4 Å². The Hall–Kier alpha value is -2.01. The van der Waals surface area contributed by atoms with Crippen LogP contribution >= 0.6 is 0 Å². The fraction of sp³-hybridized carbons (Fsp3) is 0.312. The second-order valence-electron chi connectivity index (χ2n) is 5.08. The number of pyridine rings is 1. The van der Waals surface area contributed by atoms with E-state index in [1.807, 2.05) is 13.8 Å². The Kier molecular flexibility index (Phi) is 4.85. The van der Waals surface area contributed by atoms with E-state index in [0.717, 1.165) is 17.7 Å². The molecule has 3 nitrogen and oxygen atoms in total. The largest absolute Gasteiger partial charge is 0.497 e. The summed E-state index contributed by atoms with van der Waals surface area (Å²) in [7, 11) is 1.37. The van der Waals surface area contributed by atoms with E-state index in [2.05, 4.69) is 10.3 Å². The van der Waals surface area contributed by atoms with Gasteiger partial charge in [-0.15, -0.1) is 0 Å². The van der Waals surface area contributed by atoms with Crippen molar-refractivity contribution in [2.75, 3.05) is 7.11 Å². The third-order valence-electron chi connectivity index (χ3n) is 3.05. The third kappa shape index (κ3) is 3.76. The van der Waals surface area contributed by atoms with Crippen LogP contribution in [-0.2, 0) is 6.54 Å². The number of hydrogen-bond acceptors (Lipinski definition) is 3. The number of ether oxygens (including phenoxy) is 1. The molecule has 0 saturated heterocycles. The van der Waals surface area contributed by atoms with Crippen LogP contribution in [0.5, 0.6) is 5.75 Å². The summed E-state index contributed by atoms with van der Waals surface area (Å²) in [5.74, 6) is -1.18. The van der Waals surface area contributed by atoms with Crippen LogP contribution in [0, 0.1) is 11.6 Å². The molecule has 2 rings (SSSR count). The Labute approximate surface area is 123 Å². The first-order valence-corrected chi connectivity index (χ1v) is 6.72. The number of rotatable bonds is 5. The molecule has 0 spiro atoms. The van der Waals surface area contributed by atoms with Crippen LogP contribution in [0.3, 0.4) is 0 Å². The van der Waals surface area contributed by atoms with E-state index in [-0.39, 0.29) is 11.3 Å². The van der Waals surface area contributed by atoms with Crippen LogP contribution in [0.25, 0.3) is 11.1 Å². The highest BCUT2D eigenvalue weighted by Crippen LogP contribution is 2.29. The Bertz CT molecular complexity index is 606. The molecule has 1 heterocycles. The van der Waals surface area contributed by atoms with Gasteiger partial charge < -0.3 is 10.1 Å². The molecule has 0 atom stereocenters. The summed E-state index contributed by atoms with van der Waals surface area (Å²) >= 11 is 0. The molecule has 1 aromatic carbocycles. The quantitative estimate of drug-likeness (QED) is 0.915. The minimum atomic E-state index is -0.664. The summed E-state index contributed by atoms with van der Waals surface area (Å²) in [6, 6.07) is 4.38. The SMILES string of the molecule is COc1cc(F)c(-c2cncc(CNC(C)C)c2)c(F)c1. The van der Waals surface area contributed by atoms with E-state index < -0.39 is 11.6 Å². The van der Waals surface area contributed by atoms with Gasteiger partial charge in [0.2, 0.25) is 0 Å². The van der Waals surface area contributed by atoms with Crippen LogP contribution in [0.1, 0.15) is 19.4 Å². The van der Waals surface area contributed by atoms with Crippen molar-refractivity contribution < 1.29 is 13.5 Å². The molecule has 21 heavy (non-hydrogen) atoms. The summed E-state index contributed by atoms with van der Waals surface area (Å²) in [5.41, 5.74) is 1.20. The Balaban J connectivity index is 2.36. The molecule has 1 N–H and O–H groups in total. The average Bonchev–Trinajstić information content (AvgIpc) is 2.44. The lowest BCUT2D eigenvalue weighted by atomic mass is 10.0. The molecule has 0 aliphatic rings. The van der Waals surface area contributed by atoms with Gasteiger partial charge in [0.15, 0.2) is 0 Å². The zero-order valence-corrected chi connectivity index (χ0v) is 12.3. The third-order valence-corrected chi connectivity index (χ3v) is 3.05. The number of nitrogens with one attached hydrogen (secondary N) is 1. The number of halogens is 2. The lowest BCUT2D eigenvalue weighted by molar-refractivity contribution is 0.407. The fourth-order valence-electron chi connectivity index (χ4n) is 1.99. The molecule has 0 aliphatic heterocycles. The number of methoxy groups -OCH3 is 1. The smallest absolute Gasteiger partial charge is 0.137 e. The summed E-state index contributed by atoms with van der Waals surface area (Å²) in [4.78, 5) is 4.06. The monoisotopic (exact) mass is 292 g/mol. The van der Waals surface area contributed by atoms with E-state index in [9.17, 15) is 8.78 Å². The van der Waals surface area contributed by atoms with Crippen molar-refractivity contribution in [3.8, 4) is 16.9 Å². The lowest BCUT2D eigenvalue weighted by Crippen LogP contribution is -2.21. The van der Waals surface area contributed by atoms with E-state index >= 15 is 0 Å². The molecule has 0 amide bonds. The van der Waals surface area contributed by atoms with Crippen LogP contribution in [0.4, 0.5) is 8.78 Å². The van der Waals surface area contributed by atoms with Gasteiger partial charge in [-0.05, 0) is 11.6 Å². The van der Waals surface area contributed by atoms with Gasteiger partial charge in [0.1, 0.15) is 17.4 Å². The summed E-state index contributed by atoms with van der Waals surface area (Å²) < 4.78 is 33.0. The lowest BCUT2D eigenvalue weighted by Gasteiger charge is -2.11. The van der Waals surface area contributed by atoms with E-state index in [1.54, 1.807) is 12.3 Å². The minimum Gasteiger partial charge on any atom is -0.497 e.